The number of hydrogen-bond acceptors (Lipinski definition) is 8. The van der Waals surface area contributed by atoms with Crippen LogP contribution in [-0.2, 0) is 27.2 Å². The largest absolute Gasteiger partial charge is 0.396 e. The fourth-order valence-electron chi connectivity index (χ4n) is 4.30. The van der Waals surface area contributed by atoms with Crippen molar-refractivity contribution < 1.29 is 19.5 Å². The van der Waals surface area contributed by atoms with Crippen LogP contribution in [0.5, 0.6) is 0 Å². The molecule has 35 heavy (non-hydrogen) atoms. The Kier molecular flexibility index (Phi) is 11.6. The maximum atomic E-state index is 11.9. The Morgan fingerprint density at radius 2 is 1.60 bits per heavy atom. The number of aliphatic hydroxyl groups excluding tert-OH is 1. The van der Waals surface area contributed by atoms with Crippen molar-refractivity contribution in [2.75, 3.05) is 17.2 Å². The van der Waals surface area contributed by atoms with E-state index >= 15 is 0 Å². The van der Waals surface area contributed by atoms with Gasteiger partial charge in [0.2, 0.25) is 0 Å². The average Bonchev–Trinajstić information content (AvgIpc) is 2.79. The minimum Gasteiger partial charge on any atom is -0.396 e. The van der Waals surface area contributed by atoms with E-state index < -0.39 is 0 Å². The second-order valence-corrected chi connectivity index (χ2v) is 9.41. The van der Waals surface area contributed by atoms with Crippen LogP contribution in [0.4, 0.5) is 11.6 Å². The highest BCUT2D eigenvalue weighted by molar-refractivity contribution is 6.30. The molecule has 0 fully saturated rings. The summed E-state index contributed by atoms with van der Waals surface area (Å²) < 4.78 is 0. The zero-order valence-electron chi connectivity index (χ0n) is 20.3. The molecule has 190 valence electrons. The number of fused-ring (bicyclic) bond motifs is 2. The number of aliphatic hydroxyl groups is 1. The van der Waals surface area contributed by atoms with Gasteiger partial charge in [0.1, 0.15) is 21.9 Å². The standard InChI is InChI=1S/C12H17ClN2O.C12H15ClN2O.CO2/c1-8-7-11(13)15-12-10(8)5-4-9(14-12)3-2-6-16;1-3-4-9-10(16)6-8-7(2)5-11(13)15-12(8)14-9;2-1-3/h7,9,16H,2-6H2,1H3,(H,14,15);5,9H,3-4,6H2,1-2H3,(H,14,15);. The fourth-order valence-corrected chi connectivity index (χ4v) is 4.80. The van der Waals surface area contributed by atoms with Gasteiger partial charge in [0.05, 0.1) is 6.04 Å². The summed E-state index contributed by atoms with van der Waals surface area (Å²) in [6.07, 6.45) is 6.55. The Morgan fingerprint density at radius 3 is 2.17 bits per heavy atom. The minimum atomic E-state index is -0.0946. The lowest BCUT2D eigenvalue weighted by molar-refractivity contribution is -0.191. The number of ketones is 1. The minimum absolute atomic E-state index is 0.0946. The molecule has 2 aliphatic heterocycles. The van der Waals surface area contributed by atoms with Crippen LogP contribution in [0.25, 0.3) is 0 Å². The molecule has 4 rings (SSSR count). The first-order chi connectivity index (χ1) is 16.7. The molecule has 8 nitrogen and oxygen atoms in total. The van der Waals surface area contributed by atoms with E-state index in [-0.39, 0.29) is 24.6 Å². The van der Waals surface area contributed by atoms with Crippen molar-refractivity contribution in [2.45, 2.75) is 77.8 Å². The number of pyridine rings is 2. The van der Waals surface area contributed by atoms with Gasteiger partial charge in [-0.2, -0.15) is 9.59 Å². The number of nitrogens with one attached hydrogen (secondary N) is 2. The molecule has 2 aromatic heterocycles. The summed E-state index contributed by atoms with van der Waals surface area (Å²) in [6, 6.07) is 4.04. The van der Waals surface area contributed by atoms with Crippen LogP contribution in [0.3, 0.4) is 0 Å². The molecule has 10 heteroatoms. The normalized spacial score (nSPS) is 17.7. The molecule has 2 aliphatic rings. The molecular formula is C25H32Cl2N4O4. The van der Waals surface area contributed by atoms with Crippen molar-refractivity contribution in [3.63, 3.8) is 0 Å². The maximum Gasteiger partial charge on any atom is 0.373 e. The quantitative estimate of drug-likeness (QED) is 0.482. The SMILES string of the molecule is CCCC1Nc2nc(Cl)cc(C)c2CC1=O.Cc1cc(Cl)nc2c1CCC(CCCO)N2.O=C=O. The van der Waals surface area contributed by atoms with E-state index in [4.69, 9.17) is 37.9 Å². The van der Waals surface area contributed by atoms with Gasteiger partial charge < -0.3 is 15.7 Å². The number of rotatable bonds is 5. The van der Waals surface area contributed by atoms with Gasteiger partial charge in [0.25, 0.3) is 0 Å². The highest BCUT2D eigenvalue weighted by atomic mass is 35.5. The third-order valence-corrected chi connectivity index (χ3v) is 6.44. The number of anilines is 2. The Bertz CT molecular complexity index is 1060. The van der Waals surface area contributed by atoms with Gasteiger partial charge in [-0.05, 0) is 74.8 Å². The first kappa shape index (κ1) is 28.7. The first-order valence-electron chi connectivity index (χ1n) is 11.7. The molecule has 2 aromatic rings. The maximum absolute atomic E-state index is 11.9. The summed E-state index contributed by atoms with van der Waals surface area (Å²) in [4.78, 5) is 36.7. The van der Waals surface area contributed by atoms with Crippen molar-refractivity contribution in [3.05, 3.63) is 44.7 Å². The second-order valence-electron chi connectivity index (χ2n) is 8.64. The van der Waals surface area contributed by atoms with E-state index in [9.17, 15) is 4.79 Å². The van der Waals surface area contributed by atoms with E-state index in [0.717, 1.165) is 61.3 Å². The van der Waals surface area contributed by atoms with E-state index in [1.807, 2.05) is 13.0 Å². The van der Waals surface area contributed by atoms with Crippen LogP contribution in [0.15, 0.2) is 12.1 Å². The number of carbonyl (C=O) groups is 1. The van der Waals surface area contributed by atoms with Gasteiger partial charge in [0.15, 0.2) is 5.78 Å². The molecule has 0 spiro atoms. The van der Waals surface area contributed by atoms with Crippen molar-refractivity contribution in [1.82, 2.24) is 9.97 Å². The first-order valence-corrected chi connectivity index (χ1v) is 12.5. The number of halogens is 2. The Labute approximate surface area is 215 Å². The number of aryl methyl sites for hydroxylation is 2. The number of Topliss-reactive ketones (excluding diaryl/α,β-unsaturated/α-hetero) is 1. The van der Waals surface area contributed by atoms with Crippen LogP contribution in [-0.4, -0.2) is 45.7 Å². The van der Waals surface area contributed by atoms with Crippen molar-refractivity contribution in [3.8, 4) is 0 Å². The highest BCUT2D eigenvalue weighted by Crippen LogP contribution is 2.29. The van der Waals surface area contributed by atoms with Gasteiger partial charge in [-0.1, -0.05) is 36.5 Å². The summed E-state index contributed by atoms with van der Waals surface area (Å²) in [5, 5.41) is 16.4. The summed E-state index contributed by atoms with van der Waals surface area (Å²) >= 11 is 11.8. The van der Waals surface area contributed by atoms with Crippen LogP contribution in [0.2, 0.25) is 10.3 Å². The van der Waals surface area contributed by atoms with Gasteiger partial charge in [-0.25, -0.2) is 9.97 Å². The van der Waals surface area contributed by atoms with Crippen molar-refractivity contribution in [1.29, 1.82) is 0 Å². The number of aromatic nitrogens is 2. The topological polar surface area (TPSA) is 121 Å². The van der Waals surface area contributed by atoms with Crippen molar-refractivity contribution in [2.24, 2.45) is 0 Å². The van der Waals surface area contributed by atoms with Gasteiger partial charge in [0, 0.05) is 24.6 Å². The molecule has 3 N–H and O–H groups in total. The summed E-state index contributed by atoms with van der Waals surface area (Å²) in [5.74, 6) is 1.96. The van der Waals surface area contributed by atoms with Gasteiger partial charge in [-0.3, -0.25) is 4.79 Å². The molecule has 0 radical (unpaired) electrons. The molecule has 4 heterocycles. The molecule has 0 saturated heterocycles. The zero-order valence-corrected chi connectivity index (χ0v) is 21.8. The molecule has 0 saturated carbocycles. The molecule has 2 unspecified atom stereocenters. The molecule has 0 bridgehead atoms. The number of nitrogens with zero attached hydrogens (tertiary/aromatic N) is 2. The fraction of sp³-hybridized carbons (Fsp3) is 0.520. The summed E-state index contributed by atoms with van der Waals surface area (Å²) in [6.45, 7) is 6.36. The molecular weight excluding hydrogens is 491 g/mol. The molecule has 0 aliphatic carbocycles. The van der Waals surface area contributed by atoms with Crippen LogP contribution in [0.1, 0.15) is 61.3 Å². The Hall–Kier alpha value is -2.51. The van der Waals surface area contributed by atoms with E-state index in [0.29, 0.717) is 22.8 Å². The van der Waals surface area contributed by atoms with E-state index in [1.54, 1.807) is 6.07 Å². The smallest absolute Gasteiger partial charge is 0.373 e. The van der Waals surface area contributed by atoms with Crippen LogP contribution >= 0.6 is 23.2 Å². The lowest BCUT2D eigenvalue weighted by atomic mass is 9.94. The summed E-state index contributed by atoms with van der Waals surface area (Å²) in [5.41, 5.74) is 4.51. The number of hydrogen-bond donors (Lipinski definition) is 3. The Balaban J connectivity index is 0.000000222. The monoisotopic (exact) mass is 522 g/mol. The Morgan fingerprint density at radius 1 is 1.03 bits per heavy atom. The van der Waals surface area contributed by atoms with Gasteiger partial charge >= 0.3 is 6.15 Å². The van der Waals surface area contributed by atoms with Crippen molar-refractivity contribution >= 4 is 46.8 Å². The van der Waals surface area contributed by atoms with E-state index in [2.05, 4.69) is 34.4 Å². The van der Waals surface area contributed by atoms with Crippen LogP contribution < -0.4 is 10.6 Å². The predicted octanol–water partition coefficient (Wildman–Crippen LogP) is 4.71. The number of carbonyl (C=O) groups excluding carboxylic acids is 3. The predicted molar refractivity (Wildman–Crippen MR) is 136 cm³/mol. The molecule has 2 atom stereocenters. The third kappa shape index (κ3) is 8.29. The lowest BCUT2D eigenvalue weighted by Crippen LogP contribution is -2.36. The summed E-state index contributed by atoms with van der Waals surface area (Å²) in [7, 11) is 0. The molecule has 0 aromatic carbocycles. The second kappa shape index (κ2) is 14.1. The van der Waals surface area contributed by atoms with E-state index in [1.165, 1.54) is 11.1 Å². The molecule has 0 amide bonds. The van der Waals surface area contributed by atoms with Crippen LogP contribution in [0, 0.1) is 13.8 Å². The average molecular weight is 523 g/mol. The third-order valence-electron chi connectivity index (χ3n) is 6.05. The lowest BCUT2D eigenvalue weighted by Gasteiger charge is -2.27. The zero-order chi connectivity index (χ0) is 26.0. The van der Waals surface area contributed by atoms with Gasteiger partial charge in [-0.15, -0.1) is 0 Å². The highest BCUT2D eigenvalue weighted by Gasteiger charge is 2.27.